The lowest BCUT2D eigenvalue weighted by Gasteiger charge is -2.32. The smallest absolute Gasteiger partial charge is 0.465 e. The summed E-state index contributed by atoms with van der Waals surface area (Å²) in [6, 6.07) is 8.18. The van der Waals surface area contributed by atoms with Crippen LogP contribution >= 0.6 is 0 Å². The second-order valence-electron chi connectivity index (χ2n) is 8.42. The Balaban J connectivity index is 2.21. The highest BCUT2D eigenvalue weighted by molar-refractivity contribution is 6.48. The van der Waals surface area contributed by atoms with E-state index in [9.17, 15) is 4.79 Å². The van der Waals surface area contributed by atoms with E-state index >= 15 is 0 Å². The van der Waals surface area contributed by atoms with Crippen LogP contribution in [0.25, 0.3) is 0 Å². The first-order chi connectivity index (χ1) is 11.5. The van der Waals surface area contributed by atoms with Gasteiger partial charge in [-0.25, -0.2) is 0 Å². The number of ether oxygens (including phenoxy) is 1. The van der Waals surface area contributed by atoms with Crippen molar-refractivity contribution in [2.24, 2.45) is 5.92 Å². The highest BCUT2D eigenvalue weighted by atomic mass is 16.7. The molecule has 1 aliphatic rings. The largest absolute Gasteiger partial charge is 0.466 e. The van der Waals surface area contributed by atoms with Crippen LogP contribution in [0.4, 0.5) is 0 Å². The van der Waals surface area contributed by atoms with Gasteiger partial charge in [0.1, 0.15) is 0 Å². The first kappa shape index (κ1) is 20.0. The van der Waals surface area contributed by atoms with Crippen molar-refractivity contribution >= 4 is 13.1 Å². The van der Waals surface area contributed by atoms with Gasteiger partial charge in [-0.05, 0) is 46.1 Å². The average molecular weight is 346 g/mol. The molecule has 138 valence electrons. The molecular weight excluding hydrogens is 315 g/mol. The van der Waals surface area contributed by atoms with Gasteiger partial charge in [0, 0.05) is 5.82 Å². The standard InChI is InChI=1S/C20H31BO4/c1-14(2)13-23-18(22)12-17(16-10-8-15(3)9-11-16)21-24-19(4,5)20(6,7)25-21/h8-11,14,17H,12-13H2,1-7H3/t17-/m0/s1. The van der Waals surface area contributed by atoms with E-state index in [0.717, 1.165) is 5.56 Å². The van der Waals surface area contributed by atoms with E-state index in [4.69, 9.17) is 14.0 Å². The van der Waals surface area contributed by atoms with Crippen molar-refractivity contribution in [3.8, 4) is 0 Å². The highest BCUT2D eigenvalue weighted by Crippen LogP contribution is 2.41. The molecule has 0 aromatic heterocycles. The Morgan fingerprint density at radius 3 is 2.08 bits per heavy atom. The van der Waals surface area contributed by atoms with Crippen LogP contribution in [0, 0.1) is 12.8 Å². The molecule has 0 saturated carbocycles. The maximum atomic E-state index is 12.3. The molecule has 5 heteroatoms. The fourth-order valence-electron chi connectivity index (χ4n) is 2.74. The van der Waals surface area contributed by atoms with Crippen LogP contribution in [0.15, 0.2) is 24.3 Å². The molecule has 0 bridgehead atoms. The molecule has 0 amide bonds. The molecule has 1 saturated heterocycles. The SMILES string of the molecule is Cc1ccc([C@H](CC(=O)OCC(C)C)B2OC(C)(C)C(C)(C)O2)cc1. The van der Waals surface area contributed by atoms with Crippen molar-refractivity contribution in [2.45, 2.75) is 71.9 Å². The zero-order valence-electron chi connectivity index (χ0n) is 16.6. The number of aryl methyl sites for hydroxylation is 1. The molecule has 0 spiro atoms. The second kappa shape index (κ2) is 7.51. The summed E-state index contributed by atoms with van der Waals surface area (Å²) >= 11 is 0. The monoisotopic (exact) mass is 346 g/mol. The third kappa shape index (κ3) is 4.86. The van der Waals surface area contributed by atoms with E-state index in [1.807, 2.05) is 72.7 Å². The van der Waals surface area contributed by atoms with Gasteiger partial charge in [-0.1, -0.05) is 43.7 Å². The van der Waals surface area contributed by atoms with Gasteiger partial charge in [0.25, 0.3) is 0 Å². The van der Waals surface area contributed by atoms with Crippen LogP contribution in [0.1, 0.15) is 64.9 Å². The van der Waals surface area contributed by atoms with Gasteiger partial charge in [0.05, 0.1) is 24.2 Å². The molecule has 0 aliphatic carbocycles. The van der Waals surface area contributed by atoms with Gasteiger partial charge in [0.2, 0.25) is 0 Å². The Morgan fingerprint density at radius 1 is 1.08 bits per heavy atom. The van der Waals surface area contributed by atoms with Crippen LogP contribution in [0.2, 0.25) is 0 Å². The topological polar surface area (TPSA) is 44.8 Å². The summed E-state index contributed by atoms with van der Waals surface area (Å²) in [7, 11) is -0.473. The van der Waals surface area contributed by atoms with Crippen LogP contribution in [0.3, 0.4) is 0 Å². The number of hydrogen-bond acceptors (Lipinski definition) is 4. The van der Waals surface area contributed by atoms with Gasteiger partial charge < -0.3 is 14.0 Å². The predicted octanol–water partition coefficient (Wildman–Crippen LogP) is 4.30. The van der Waals surface area contributed by atoms with Gasteiger partial charge in [-0.2, -0.15) is 0 Å². The molecule has 1 aromatic rings. The summed E-state index contributed by atoms with van der Waals surface area (Å²) in [6.07, 6.45) is 0.243. The Labute approximate surface area is 152 Å². The number of carbonyl (C=O) groups is 1. The minimum absolute atomic E-state index is 0.193. The summed E-state index contributed by atoms with van der Waals surface area (Å²) < 4.78 is 17.8. The van der Waals surface area contributed by atoms with E-state index in [1.54, 1.807) is 0 Å². The van der Waals surface area contributed by atoms with E-state index in [2.05, 4.69) is 0 Å². The summed E-state index contributed by atoms with van der Waals surface area (Å²) in [6.45, 7) is 14.6. The normalized spacial score (nSPS) is 19.9. The van der Waals surface area contributed by atoms with E-state index < -0.39 is 18.3 Å². The number of hydrogen-bond donors (Lipinski definition) is 0. The zero-order chi connectivity index (χ0) is 18.8. The molecule has 25 heavy (non-hydrogen) atoms. The van der Waals surface area contributed by atoms with Crippen LogP contribution in [-0.2, 0) is 18.8 Å². The molecule has 1 aromatic carbocycles. The third-order valence-corrected chi connectivity index (χ3v) is 5.07. The van der Waals surface area contributed by atoms with E-state index in [0.29, 0.717) is 12.5 Å². The van der Waals surface area contributed by atoms with Gasteiger partial charge in [-0.3, -0.25) is 4.79 Å². The van der Waals surface area contributed by atoms with Crippen LogP contribution in [-0.4, -0.2) is 30.9 Å². The third-order valence-electron chi connectivity index (χ3n) is 5.07. The fourth-order valence-corrected chi connectivity index (χ4v) is 2.74. The summed E-state index contributed by atoms with van der Waals surface area (Å²) in [4.78, 5) is 12.3. The Kier molecular flexibility index (Phi) is 6.00. The van der Waals surface area contributed by atoms with Crippen molar-refractivity contribution in [1.82, 2.24) is 0 Å². The lowest BCUT2D eigenvalue weighted by Crippen LogP contribution is -2.41. The van der Waals surface area contributed by atoms with Crippen LogP contribution in [0.5, 0.6) is 0 Å². The lowest BCUT2D eigenvalue weighted by atomic mass is 9.66. The number of benzene rings is 1. The lowest BCUT2D eigenvalue weighted by molar-refractivity contribution is -0.144. The number of esters is 1. The molecule has 0 N–H and O–H groups in total. The molecule has 1 heterocycles. The van der Waals surface area contributed by atoms with Gasteiger partial charge in [0.15, 0.2) is 0 Å². The predicted molar refractivity (Wildman–Crippen MR) is 100 cm³/mol. The molecule has 4 nitrogen and oxygen atoms in total. The molecule has 0 unspecified atom stereocenters. The van der Waals surface area contributed by atoms with E-state index in [1.165, 1.54) is 5.56 Å². The van der Waals surface area contributed by atoms with Crippen molar-refractivity contribution < 1.29 is 18.8 Å². The second-order valence-corrected chi connectivity index (χ2v) is 8.42. The molecule has 1 fully saturated rings. The average Bonchev–Trinajstić information content (AvgIpc) is 2.72. The summed E-state index contributed by atoms with van der Waals surface area (Å²) in [5.74, 6) is -0.0890. The molecule has 1 aliphatic heterocycles. The zero-order valence-corrected chi connectivity index (χ0v) is 16.6. The van der Waals surface area contributed by atoms with Crippen molar-refractivity contribution in [2.75, 3.05) is 6.61 Å². The number of carbonyl (C=O) groups excluding carboxylic acids is 1. The van der Waals surface area contributed by atoms with Crippen molar-refractivity contribution in [1.29, 1.82) is 0 Å². The van der Waals surface area contributed by atoms with Crippen LogP contribution < -0.4 is 0 Å². The maximum absolute atomic E-state index is 12.3. The highest BCUT2D eigenvalue weighted by Gasteiger charge is 2.54. The number of rotatable bonds is 6. The molecule has 1 atom stereocenters. The first-order valence-corrected chi connectivity index (χ1v) is 9.09. The van der Waals surface area contributed by atoms with Gasteiger partial charge >= 0.3 is 13.1 Å². The molecular formula is C20H31BO4. The minimum atomic E-state index is -0.473. The fraction of sp³-hybridized carbons (Fsp3) is 0.650. The Morgan fingerprint density at radius 2 is 1.60 bits per heavy atom. The summed E-state index contributed by atoms with van der Waals surface area (Å²) in [5, 5.41) is 0. The minimum Gasteiger partial charge on any atom is -0.465 e. The Bertz CT molecular complexity index is 576. The van der Waals surface area contributed by atoms with Crippen molar-refractivity contribution in [3.05, 3.63) is 35.4 Å². The first-order valence-electron chi connectivity index (χ1n) is 9.09. The Hall–Kier alpha value is -1.33. The van der Waals surface area contributed by atoms with Crippen molar-refractivity contribution in [3.63, 3.8) is 0 Å². The maximum Gasteiger partial charge on any atom is 0.466 e. The van der Waals surface area contributed by atoms with Gasteiger partial charge in [-0.15, -0.1) is 0 Å². The molecule has 0 radical (unpaired) electrons. The van der Waals surface area contributed by atoms with E-state index in [-0.39, 0.29) is 18.2 Å². The quantitative estimate of drug-likeness (QED) is 0.569. The summed E-state index contributed by atoms with van der Waals surface area (Å²) in [5.41, 5.74) is 1.36. The molecule has 2 rings (SSSR count).